The van der Waals surface area contributed by atoms with Gasteiger partial charge in [-0.25, -0.2) is 4.39 Å². The highest BCUT2D eigenvalue weighted by Crippen LogP contribution is 2.43. The Morgan fingerprint density at radius 3 is 2.54 bits per heavy atom. The van der Waals surface area contributed by atoms with Gasteiger partial charge in [-0.15, -0.1) is 0 Å². The quantitative estimate of drug-likeness (QED) is 0.479. The number of benzene rings is 2. The van der Waals surface area contributed by atoms with Crippen molar-refractivity contribution >= 4 is 5.91 Å². The molecule has 2 aliphatic rings. The summed E-state index contributed by atoms with van der Waals surface area (Å²) < 4.78 is 53.0. The zero-order valence-corrected chi connectivity index (χ0v) is 20.3. The molecule has 2 aromatic carbocycles. The van der Waals surface area contributed by atoms with Crippen LogP contribution in [0.1, 0.15) is 47.4 Å². The van der Waals surface area contributed by atoms with Crippen LogP contribution in [0.2, 0.25) is 0 Å². The summed E-state index contributed by atoms with van der Waals surface area (Å²) in [5.41, 5.74) is 0.611. The lowest BCUT2D eigenvalue weighted by Crippen LogP contribution is -2.63. The van der Waals surface area contributed by atoms with Crippen LogP contribution in [0.5, 0.6) is 11.5 Å². The molecule has 37 heavy (non-hydrogen) atoms. The first kappa shape index (κ1) is 24.7. The number of carbonyl (C=O) groups is 1. The second-order valence-electron chi connectivity index (χ2n) is 9.41. The van der Waals surface area contributed by atoms with Crippen LogP contribution < -0.4 is 19.9 Å². The normalized spacial score (nSPS) is 21.0. The molecule has 5 rings (SSSR count). The third kappa shape index (κ3) is 4.63. The largest absolute Gasteiger partial charge is 0.482 e. The van der Waals surface area contributed by atoms with E-state index in [1.807, 2.05) is 42.3 Å². The van der Waals surface area contributed by atoms with E-state index in [2.05, 4.69) is 0 Å². The molecule has 1 fully saturated rings. The minimum absolute atomic E-state index is 0.0227. The number of ether oxygens (including phenoxy) is 2. The van der Waals surface area contributed by atoms with Crippen molar-refractivity contribution in [1.29, 1.82) is 0 Å². The minimum Gasteiger partial charge on any atom is -0.482 e. The Kier molecular flexibility index (Phi) is 6.57. The number of pyridine rings is 1. The molecule has 3 heterocycles. The van der Waals surface area contributed by atoms with E-state index in [9.17, 15) is 22.8 Å². The molecule has 1 aromatic heterocycles. The molecule has 3 unspecified atom stereocenters. The highest BCUT2D eigenvalue weighted by atomic mass is 19.3. The minimum atomic E-state index is -3.09. The van der Waals surface area contributed by atoms with E-state index >= 15 is 0 Å². The summed E-state index contributed by atoms with van der Waals surface area (Å²) in [5.74, 6) is -1.17. The van der Waals surface area contributed by atoms with Gasteiger partial charge in [0.15, 0.2) is 11.4 Å². The van der Waals surface area contributed by atoms with Crippen LogP contribution in [-0.2, 0) is 6.61 Å². The maximum absolute atomic E-state index is 14.4. The molecule has 0 aliphatic carbocycles. The Bertz CT molecular complexity index is 1360. The average Bonchev–Trinajstić information content (AvgIpc) is 2.87. The van der Waals surface area contributed by atoms with Crippen molar-refractivity contribution in [1.82, 2.24) is 9.58 Å². The van der Waals surface area contributed by atoms with Gasteiger partial charge in [-0.1, -0.05) is 37.3 Å². The maximum Gasteiger partial charge on any atom is 0.387 e. The van der Waals surface area contributed by atoms with Crippen molar-refractivity contribution in [3.63, 3.8) is 0 Å². The fraction of sp³-hybridized carbons (Fsp3) is 0.333. The van der Waals surface area contributed by atoms with Crippen molar-refractivity contribution in [3.05, 3.63) is 93.7 Å². The fourth-order valence-electron chi connectivity index (χ4n) is 5.21. The molecule has 0 spiro atoms. The van der Waals surface area contributed by atoms with Gasteiger partial charge in [-0.2, -0.15) is 8.78 Å². The lowest BCUT2D eigenvalue weighted by Gasteiger charge is -2.53. The van der Waals surface area contributed by atoms with Gasteiger partial charge in [-0.05, 0) is 42.5 Å². The number of amides is 1. The highest BCUT2D eigenvalue weighted by molar-refractivity contribution is 5.96. The standard InChI is InChI=1S/C27H26F3N3O4/c1-16-12-20(19-14-18(28)8-9-22(19)37-27(29)30)33-23(13-16)31(2)26(35)24-25(21(34)10-11-32(24)33)36-15-17-6-4-3-5-7-17/h3-11,14,16,20,23,27H,12-13,15H2,1-2H3. The van der Waals surface area contributed by atoms with Crippen molar-refractivity contribution in [2.24, 2.45) is 5.92 Å². The molecule has 10 heteroatoms. The topological polar surface area (TPSA) is 64.0 Å². The summed E-state index contributed by atoms with van der Waals surface area (Å²) in [7, 11) is 1.62. The first-order valence-corrected chi connectivity index (χ1v) is 12.0. The molecular formula is C27H26F3N3O4. The first-order valence-electron chi connectivity index (χ1n) is 12.0. The smallest absolute Gasteiger partial charge is 0.387 e. The predicted octanol–water partition coefficient (Wildman–Crippen LogP) is 4.69. The van der Waals surface area contributed by atoms with Gasteiger partial charge in [0.05, 0.1) is 6.04 Å². The molecule has 7 nitrogen and oxygen atoms in total. The van der Waals surface area contributed by atoms with Crippen molar-refractivity contribution < 1.29 is 27.4 Å². The Morgan fingerprint density at radius 2 is 1.81 bits per heavy atom. The van der Waals surface area contributed by atoms with E-state index in [1.54, 1.807) is 11.7 Å². The van der Waals surface area contributed by atoms with Crippen molar-refractivity contribution in [2.75, 3.05) is 12.1 Å². The van der Waals surface area contributed by atoms with E-state index in [4.69, 9.17) is 9.47 Å². The van der Waals surface area contributed by atoms with E-state index < -0.39 is 36.0 Å². The molecule has 0 N–H and O–H groups in total. The number of alkyl halides is 2. The van der Waals surface area contributed by atoms with E-state index in [1.165, 1.54) is 29.3 Å². The number of nitrogens with zero attached hydrogens (tertiary/aromatic N) is 3. The maximum atomic E-state index is 14.4. The Balaban J connectivity index is 1.63. The third-order valence-corrected chi connectivity index (χ3v) is 6.89. The number of hydrogen-bond donors (Lipinski definition) is 0. The number of carbonyl (C=O) groups excluding carboxylic acids is 1. The van der Waals surface area contributed by atoms with Gasteiger partial charge in [0.2, 0.25) is 5.43 Å². The van der Waals surface area contributed by atoms with Crippen LogP contribution >= 0.6 is 0 Å². The van der Waals surface area contributed by atoms with Gasteiger partial charge >= 0.3 is 6.61 Å². The van der Waals surface area contributed by atoms with Gasteiger partial charge in [0, 0.05) is 24.9 Å². The Labute approximate surface area is 211 Å². The van der Waals surface area contributed by atoms with E-state index in [-0.39, 0.29) is 35.3 Å². The molecule has 0 bridgehead atoms. The SMILES string of the molecule is CC1CC(c2cc(F)ccc2OC(F)F)N2C(C1)N(C)C(=O)c1c(OCc3ccccc3)c(=O)ccn12. The Morgan fingerprint density at radius 1 is 1.05 bits per heavy atom. The molecular weight excluding hydrogens is 487 g/mol. The second-order valence-corrected chi connectivity index (χ2v) is 9.41. The fourth-order valence-corrected chi connectivity index (χ4v) is 5.21. The number of fused-ring (bicyclic) bond motifs is 3. The van der Waals surface area contributed by atoms with Crippen LogP contribution in [-0.4, -0.2) is 35.3 Å². The third-order valence-electron chi connectivity index (χ3n) is 6.89. The van der Waals surface area contributed by atoms with Crippen LogP contribution in [0.15, 0.2) is 65.6 Å². The van der Waals surface area contributed by atoms with Gasteiger partial charge in [0.1, 0.15) is 24.3 Å². The summed E-state index contributed by atoms with van der Waals surface area (Å²) >= 11 is 0. The molecule has 1 amide bonds. The number of rotatable bonds is 6. The summed E-state index contributed by atoms with van der Waals surface area (Å²) in [6.45, 7) is -1.03. The molecule has 3 atom stereocenters. The second kappa shape index (κ2) is 9.84. The van der Waals surface area contributed by atoms with Crippen molar-refractivity contribution in [2.45, 2.75) is 45.2 Å². The van der Waals surface area contributed by atoms with E-state index in [0.717, 1.165) is 11.6 Å². The average molecular weight is 514 g/mol. The molecule has 3 aromatic rings. The highest BCUT2D eigenvalue weighted by Gasteiger charge is 2.45. The summed E-state index contributed by atoms with van der Waals surface area (Å²) in [4.78, 5) is 27.9. The monoisotopic (exact) mass is 513 g/mol. The number of halogens is 3. The predicted molar refractivity (Wildman–Crippen MR) is 130 cm³/mol. The Hall–Kier alpha value is -3.95. The summed E-state index contributed by atoms with van der Waals surface area (Å²) in [6.07, 6.45) is 2.07. The van der Waals surface area contributed by atoms with Gasteiger partial charge in [-0.3, -0.25) is 19.3 Å². The molecule has 0 radical (unpaired) electrons. The zero-order valence-electron chi connectivity index (χ0n) is 20.3. The van der Waals surface area contributed by atoms with Crippen molar-refractivity contribution in [3.8, 4) is 11.5 Å². The van der Waals surface area contributed by atoms with Gasteiger partial charge in [0.25, 0.3) is 5.91 Å². The van der Waals surface area contributed by atoms with E-state index in [0.29, 0.717) is 12.8 Å². The molecule has 0 saturated carbocycles. The molecule has 194 valence electrons. The lowest BCUT2D eigenvalue weighted by atomic mass is 9.86. The van der Waals surface area contributed by atoms with Crippen LogP contribution in [0, 0.1) is 11.7 Å². The molecule has 2 aliphatic heterocycles. The number of hydrogen-bond acceptors (Lipinski definition) is 5. The van der Waals surface area contributed by atoms with Gasteiger partial charge < -0.3 is 14.4 Å². The first-order chi connectivity index (χ1) is 17.7. The zero-order chi connectivity index (χ0) is 26.3. The number of aromatic nitrogens is 1. The van der Waals surface area contributed by atoms with Crippen LogP contribution in [0.3, 0.4) is 0 Å². The van der Waals surface area contributed by atoms with Crippen LogP contribution in [0.4, 0.5) is 13.2 Å². The summed E-state index contributed by atoms with van der Waals surface area (Å²) in [5, 5.41) is 1.82. The van der Waals surface area contributed by atoms with Crippen LogP contribution in [0.25, 0.3) is 0 Å². The summed E-state index contributed by atoms with van der Waals surface area (Å²) in [6, 6.07) is 13.3. The number of piperidine rings is 1. The lowest BCUT2D eigenvalue weighted by molar-refractivity contribution is -0.0510. The molecule has 1 saturated heterocycles.